The molecule has 45 heavy (non-hydrogen) atoms. The van der Waals surface area contributed by atoms with E-state index < -0.39 is 0 Å². The maximum absolute atomic E-state index is 2.60. The van der Waals surface area contributed by atoms with E-state index in [0.717, 1.165) is 0 Å². The first-order valence-electron chi connectivity index (χ1n) is 19.7. The van der Waals surface area contributed by atoms with Crippen molar-refractivity contribution in [1.29, 1.82) is 0 Å². The van der Waals surface area contributed by atoms with Crippen molar-refractivity contribution in [2.45, 2.75) is 182 Å². The predicted octanol–water partition coefficient (Wildman–Crippen LogP) is 14.5. The van der Waals surface area contributed by atoms with Gasteiger partial charge in [-0.1, -0.05) is 156 Å². The van der Waals surface area contributed by atoms with E-state index in [2.05, 4.69) is 45.9 Å². The molecule has 0 aliphatic carbocycles. The molecule has 268 valence electrons. The molecule has 0 spiro atoms. The van der Waals surface area contributed by atoms with Crippen LogP contribution in [0.2, 0.25) is 0 Å². The van der Waals surface area contributed by atoms with Crippen molar-refractivity contribution in [2.75, 3.05) is 24.6 Å². The van der Waals surface area contributed by atoms with Gasteiger partial charge in [0, 0.05) is 19.5 Å². The molecule has 2 rings (SSSR count). The fourth-order valence-electron chi connectivity index (χ4n) is 6.29. The SMILES string of the molecule is CCCCCCCCP(CCCCCCCC)c1ccc[c-]1P(CCCCCCCC)CCCCCCCC.[Ru].[cH-]1[cH-][cH-][cH-][cH-]1. The van der Waals surface area contributed by atoms with Gasteiger partial charge < -0.3 is 30.3 Å². The van der Waals surface area contributed by atoms with E-state index in [9.17, 15) is 0 Å². The molecule has 2 aromatic rings. The Morgan fingerprint density at radius 3 is 1.11 bits per heavy atom. The summed E-state index contributed by atoms with van der Waals surface area (Å²) in [4.78, 5) is 0. The molecule has 0 heterocycles. The smallest absolute Gasteiger partial charge is 0 e. The number of rotatable bonds is 30. The molecule has 0 aromatic heterocycles. The van der Waals surface area contributed by atoms with Crippen LogP contribution in [0.4, 0.5) is 0 Å². The van der Waals surface area contributed by atoms with Gasteiger partial charge in [0.2, 0.25) is 0 Å². The van der Waals surface area contributed by atoms with Gasteiger partial charge in [-0.3, -0.25) is 0 Å². The van der Waals surface area contributed by atoms with E-state index in [1.807, 2.05) is 40.9 Å². The van der Waals surface area contributed by atoms with Gasteiger partial charge in [0.15, 0.2) is 0 Å². The van der Waals surface area contributed by atoms with E-state index in [-0.39, 0.29) is 35.3 Å². The van der Waals surface area contributed by atoms with E-state index in [1.165, 1.54) is 179 Å². The molecule has 0 saturated carbocycles. The Balaban J connectivity index is 0.00000291. The van der Waals surface area contributed by atoms with Crippen LogP contribution in [0.1, 0.15) is 182 Å². The van der Waals surface area contributed by atoms with Crippen molar-refractivity contribution in [3.63, 3.8) is 0 Å². The average molecular weight is 744 g/mol. The Morgan fingerprint density at radius 1 is 0.444 bits per heavy atom. The average Bonchev–Trinajstić information content (AvgIpc) is 3.78. The first-order chi connectivity index (χ1) is 21.8. The molecule has 0 radical (unpaired) electrons. The summed E-state index contributed by atoms with van der Waals surface area (Å²) >= 11 is 0. The summed E-state index contributed by atoms with van der Waals surface area (Å²) < 4.78 is 0. The Hall–Kier alpha value is 0.183. The number of unbranched alkanes of at least 4 members (excludes halogenated alkanes) is 20. The molecular formula is C42H76P2Ru-6. The van der Waals surface area contributed by atoms with E-state index in [4.69, 9.17) is 0 Å². The summed E-state index contributed by atoms with van der Waals surface area (Å²) in [5.41, 5.74) is 0. The molecule has 3 heteroatoms. The Kier molecular flexibility index (Phi) is 35.6. The van der Waals surface area contributed by atoms with Crippen LogP contribution < -0.4 is 10.6 Å². The first kappa shape index (κ1) is 45.2. The molecule has 0 amide bonds. The molecule has 0 aliphatic rings. The molecule has 0 aliphatic heterocycles. The Bertz CT molecular complexity index is 683. The van der Waals surface area contributed by atoms with Crippen LogP contribution in [0.3, 0.4) is 0 Å². The molecule has 0 bridgehead atoms. The van der Waals surface area contributed by atoms with Gasteiger partial charge in [-0.05, 0) is 50.3 Å². The zero-order valence-corrected chi connectivity index (χ0v) is 34.2. The minimum atomic E-state index is 0. The third-order valence-electron chi connectivity index (χ3n) is 9.13. The van der Waals surface area contributed by atoms with Gasteiger partial charge in [0.05, 0.1) is 0 Å². The molecule has 2 aromatic carbocycles. The quantitative estimate of drug-likeness (QED) is 0.0323. The maximum Gasteiger partial charge on any atom is 0 e. The molecule has 0 saturated heterocycles. The summed E-state index contributed by atoms with van der Waals surface area (Å²) in [6.45, 7) is 9.35. The molecule has 0 atom stereocenters. The van der Waals surface area contributed by atoms with Crippen LogP contribution in [-0.4, -0.2) is 24.6 Å². The van der Waals surface area contributed by atoms with Crippen molar-refractivity contribution in [3.8, 4) is 0 Å². The Labute approximate surface area is 299 Å². The van der Waals surface area contributed by atoms with Gasteiger partial charge in [0.25, 0.3) is 0 Å². The molecule has 0 unspecified atom stereocenters. The van der Waals surface area contributed by atoms with Gasteiger partial charge >= 0.3 is 0 Å². The molecule has 0 fully saturated rings. The van der Waals surface area contributed by atoms with Crippen LogP contribution in [0, 0.1) is 0 Å². The zero-order valence-electron chi connectivity index (χ0n) is 30.7. The van der Waals surface area contributed by atoms with E-state index in [1.54, 1.807) is 0 Å². The predicted molar refractivity (Wildman–Crippen MR) is 210 cm³/mol. The second kappa shape index (κ2) is 35.5. The molecular weight excluding hydrogens is 667 g/mol. The summed E-state index contributed by atoms with van der Waals surface area (Å²) in [6, 6.07) is 17.7. The van der Waals surface area contributed by atoms with E-state index in [0.29, 0.717) is 0 Å². The van der Waals surface area contributed by atoms with Gasteiger partial charge in [-0.2, -0.15) is 6.07 Å². The second-order valence-electron chi connectivity index (χ2n) is 13.3. The fourth-order valence-corrected chi connectivity index (χ4v) is 12.4. The fraction of sp³-hybridized carbons (Fsp3) is 0.762. The standard InChI is InChI=1S/C37H71P2.C5H5.Ru/c1-5-9-13-17-21-25-32-38(33-26-22-18-14-10-6-2)36-30-29-31-37(36)39(34-27-23-19-15-11-7-3)35-28-24-20-16-12-8-4;1-2-4-5-3-1;/h29-31H,5-28,32-35H2,1-4H3;1-5H;/q-1;-5;. The van der Waals surface area contributed by atoms with Crippen LogP contribution in [0.15, 0.2) is 48.5 Å². The van der Waals surface area contributed by atoms with Crippen molar-refractivity contribution >= 4 is 26.5 Å². The van der Waals surface area contributed by atoms with Crippen LogP contribution >= 0.6 is 15.8 Å². The van der Waals surface area contributed by atoms with E-state index >= 15 is 0 Å². The summed E-state index contributed by atoms with van der Waals surface area (Å²) in [5, 5.41) is 3.74. The van der Waals surface area contributed by atoms with Crippen LogP contribution in [0.5, 0.6) is 0 Å². The summed E-state index contributed by atoms with van der Waals surface area (Å²) in [5.74, 6) is 0. The molecule has 0 nitrogen and oxygen atoms in total. The van der Waals surface area contributed by atoms with Gasteiger partial charge in [0.1, 0.15) is 0 Å². The van der Waals surface area contributed by atoms with Crippen LogP contribution in [-0.2, 0) is 19.5 Å². The third kappa shape index (κ3) is 25.8. The van der Waals surface area contributed by atoms with Crippen molar-refractivity contribution in [3.05, 3.63) is 48.5 Å². The number of hydrogen-bond donors (Lipinski definition) is 0. The largest absolute Gasteiger partial charge is 0.748 e. The molecule has 0 N–H and O–H groups in total. The second-order valence-corrected chi connectivity index (χ2v) is 18.2. The number of hydrogen-bond acceptors (Lipinski definition) is 0. The minimum absolute atomic E-state index is 0. The topological polar surface area (TPSA) is 0 Å². The monoisotopic (exact) mass is 744 g/mol. The normalized spacial score (nSPS) is 11.2. The van der Waals surface area contributed by atoms with Crippen molar-refractivity contribution in [1.82, 2.24) is 0 Å². The van der Waals surface area contributed by atoms with Crippen molar-refractivity contribution < 1.29 is 19.5 Å². The minimum Gasteiger partial charge on any atom is -0.748 e. The maximum atomic E-state index is 2.60. The van der Waals surface area contributed by atoms with Gasteiger partial charge in [-0.15, -0.1) is 26.5 Å². The van der Waals surface area contributed by atoms with Crippen molar-refractivity contribution in [2.24, 2.45) is 0 Å². The van der Waals surface area contributed by atoms with Crippen LogP contribution in [0.25, 0.3) is 0 Å². The first-order valence-corrected chi connectivity index (χ1v) is 23.1. The zero-order chi connectivity index (χ0) is 31.8. The van der Waals surface area contributed by atoms with Gasteiger partial charge in [-0.25, -0.2) is 12.1 Å². The Morgan fingerprint density at radius 2 is 0.756 bits per heavy atom. The summed E-state index contributed by atoms with van der Waals surface area (Å²) in [7, 11) is 0.0839. The summed E-state index contributed by atoms with van der Waals surface area (Å²) in [6.07, 6.45) is 40.6. The third-order valence-corrected chi connectivity index (χ3v) is 14.9.